The minimum Gasteiger partial charge on any atom is -0.472 e. The van der Waals surface area contributed by atoms with Crippen LogP contribution < -0.4 is 5.73 Å². The van der Waals surface area contributed by atoms with Gasteiger partial charge in [0.05, 0.1) is 18.6 Å². The van der Waals surface area contributed by atoms with E-state index in [4.69, 9.17) is 10.2 Å². The Labute approximate surface area is 103 Å². The molecule has 4 heteroatoms. The van der Waals surface area contributed by atoms with Crippen molar-refractivity contribution in [3.05, 3.63) is 24.2 Å². The molecule has 0 bridgehead atoms. The molecule has 1 saturated heterocycles. The molecular weight excluding hydrogens is 214 g/mol. The lowest BCUT2D eigenvalue weighted by Crippen LogP contribution is -2.53. The molecule has 2 heterocycles. The Morgan fingerprint density at radius 3 is 2.88 bits per heavy atom. The summed E-state index contributed by atoms with van der Waals surface area (Å²) in [5.74, 6) is 0. The van der Waals surface area contributed by atoms with Crippen molar-refractivity contribution in [1.82, 2.24) is 9.80 Å². The molecule has 2 N–H and O–H groups in total. The van der Waals surface area contributed by atoms with Gasteiger partial charge in [-0.25, -0.2) is 0 Å². The number of furan rings is 1. The van der Waals surface area contributed by atoms with Crippen molar-refractivity contribution in [2.45, 2.75) is 25.9 Å². The summed E-state index contributed by atoms with van der Waals surface area (Å²) < 4.78 is 5.16. The van der Waals surface area contributed by atoms with Gasteiger partial charge in [-0.2, -0.15) is 0 Å². The predicted octanol–water partition coefficient (Wildman–Crippen LogP) is 1.31. The topological polar surface area (TPSA) is 45.6 Å². The second kappa shape index (κ2) is 5.67. The average Bonchev–Trinajstić information content (AvgIpc) is 2.84. The van der Waals surface area contributed by atoms with Crippen LogP contribution in [0.1, 0.15) is 25.5 Å². The Morgan fingerprint density at radius 2 is 2.35 bits per heavy atom. The van der Waals surface area contributed by atoms with Crippen molar-refractivity contribution in [3.8, 4) is 0 Å². The number of hydrogen-bond acceptors (Lipinski definition) is 4. The van der Waals surface area contributed by atoms with Gasteiger partial charge in [-0.1, -0.05) is 6.92 Å². The van der Waals surface area contributed by atoms with E-state index in [9.17, 15) is 0 Å². The molecule has 1 aromatic heterocycles. The summed E-state index contributed by atoms with van der Waals surface area (Å²) in [5.41, 5.74) is 7.11. The van der Waals surface area contributed by atoms with E-state index >= 15 is 0 Å². The van der Waals surface area contributed by atoms with Crippen molar-refractivity contribution >= 4 is 0 Å². The van der Waals surface area contributed by atoms with Crippen molar-refractivity contribution in [2.75, 3.05) is 32.7 Å². The van der Waals surface area contributed by atoms with Crippen molar-refractivity contribution in [3.63, 3.8) is 0 Å². The van der Waals surface area contributed by atoms with Gasteiger partial charge in [0.1, 0.15) is 0 Å². The predicted molar refractivity (Wildman–Crippen MR) is 68.8 cm³/mol. The van der Waals surface area contributed by atoms with Gasteiger partial charge in [0.2, 0.25) is 0 Å². The van der Waals surface area contributed by atoms with Crippen LogP contribution in [0.2, 0.25) is 0 Å². The van der Waals surface area contributed by atoms with Crippen molar-refractivity contribution in [2.24, 2.45) is 5.73 Å². The molecule has 4 nitrogen and oxygen atoms in total. The van der Waals surface area contributed by atoms with Crippen molar-refractivity contribution in [1.29, 1.82) is 0 Å². The molecule has 1 fully saturated rings. The lowest BCUT2D eigenvalue weighted by atomic mass is 10.1. The maximum Gasteiger partial charge on any atom is 0.0950 e. The third kappa shape index (κ3) is 2.70. The second-order valence-corrected chi connectivity index (χ2v) is 4.78. The Hall–Kier alpha value is -0.840. The summed E-state index contributed by atoms with van der Waals surface area (Å²) in [7, 11) is 0. The normalized spacial score (nSPS) is 25.0. The zero-order chi connectivity index (χ0) is 12.3. The summed E-state index contributed by atoms with van der Waals surface area (Å²) in [6.45, 7) is 9.60. The first-order valence-corrected chi connectivity index (χ1v) is 6.46. The summed E-state index contributed by atoms with van der Waals surface area (Å²) in [5, 5.41) is 0. The Morgan fingerprint density at radius 1 is 1.53 bits per heavy atom. The van der Waals surface area contributed by atoms with Gasteiger partial charge in [0.15, 0.2) is 0 Å². The first-order valence-electron chi connectivity index (χ1n) is 6.46. The van der Waals surface area contributed by atoms with Crippen LogP contribution in [0.25, 0.3) is 0 Å². The lowest BCUT2D eigenvalue weighted by molar-refractivity contribution is 0.0605. The first-order chi connectivity index (χ1) is 8.26. The third-order valence-corrected chi connectivity index (χ3v) is 3.79. The highest BCUT2D eigenvalue weighted by molar-refractivity contribution is 5.12. The van der Waals surface area contributed by atoms with E-state index in [1.54, 1.807) is 6.26 Å². The third-order valence-electron chi connectivity index (χ3n) is 3.79. The molecule has 0 saturated carbocycles. The zero-order valence-corrected chi connectivity index (χ0v) is 10.8. The number of piperazine rings is 1. The molecular formula is C13H23N3O. The van der Waals surface area contributed by atoms with Gasteiger partial charge < -0.3 is 10.2 Å². The van der Waals surface area contributed by atoms with E-state index in [0.717, 1.165) is 26.2 Å². The van der Waals surface area contributed by atoms with Gasteiger partial charge in [-0.3, -0.25) is 9.80 Å². The number of nitrogens with zero attached hydrogens (tertiary/aromatic N) is 2. The Balaban J connectivity index is 2.02. The summed E-state index contributed by atoms with van der Waals surface area (Å²) in [4.78, 5) is 4.99. The van der Waals surface area contributed by atoms with Crippen LogP contribution in [0.15, 0.2) is 23.0 Å². The zero-order valence-electron chi connectivity index (χ0n) is 10.8. The summed E-state index contributed by atoms with van der Waals surface area (Å²) in [6.07, 6.45) is 3.54. The maximum absolute atomic E-state index is 5.91. The van der Waals surface area contributed by atoms with Crippen LogP contribution in [0.5, 0.6) is 0 Å². The Bertz CT molecular complexity index is 325. The van der Waals surface area contributed by atoms with E-state index in [0.29, 0.717) is 18.6 Å². The molecule has 0 spiro atoms. The molecule has 1 aliphatic heterocycles. The standard InChI is InChI=1S/C13H23N3O/c1-3-15-5-6-16(9-11(15)2)13(8-14)12-4-7-17-10-12/h4,7,10-11,13H,3,5-6,8-9,14H2,1-2H3. The van der Waals surface area contributed by atoms with E-state index in [-0.39, 0.29) is 0 Å². The second-order valence-electron chi connectivity index (χ2n) is 4.78. The van der Waals surface area contributed by atoms with Crippen molar-refractivity contribution < 1.29 is 4.42 Å². The molecule has 17 heavy (non-hydrogen) atoms. The molecule has 1 aliphatic rings. The molecule has 1 aromatic rings. The Kier molecular flexibility index (Phi) is 4.20. The SMILES string of the molecule is CCN1CCN(C(CN)c2ccoc2)CC1C. The molecule has 2 rings (SSSR count). The molecule has 0 amide bonds. The van der Waals surface area contributed by atoms with E-state index < -0.39 is 0 Å². The van der Waals surface area contributed by atoms with Gasteiger partial charge in [0.25, 0.3) is 0 Å². The van der Waals surface area contributed by atoms with Crippen LogP contribution in [0, 0.1) is 0 Å². The summed E-state index contributed by atoms with van der Waals surface area (Å²) >= 11 is 0. The lowest BCUT2D eigenvalue weighted by Gasteiger charge is -2.42. The fraction of sp³-hybridized carbons (Fsp3) is 0.692. The van der Waals surface area contributed by atoms with Crippen LogP contribution >= 0.6 is 0 Å². The van der Waals surface area contributed by atoms with Gasteiger partial charge in [-0.05, 0) is 19.5 Å². The summed E-state index contributed by atoms with van der Waals surface area (Å²) in [6, 6.07) is 2.93. The fourth-order valence-electron chi connectivity index (χ4n) is 2.74. The van der Waals surface area contributed by atoms with Crippen LogP contribution in [-0.4, -0.2) is 48.6 Å². The number of hydrogen-bond donors (Lipinski definition) is 1. The minimum absolute atomic E-state index is 0.301. The van der Waals surface area contributed by atoms with Gasteiger partial charge >= 0.3 is 0 Å². The molecule has 0 radical (unpaired) electrons. The number of rotatable bonds is 4. The highest BCUT2D eigenvalue weighted by Gasteiger charge is 2.28. The smallest absolute Gasteiger partial charge is 0.0950 e. The van der Waals surface area contributed by atoms with Crippen LogP contribution in [0.4, 0.5) is 0 Å². The van der Waals surface area contributed by atoms with E-state index in [2.05, 4.69) is 23.6 Å². The highest BCUT2D eigenvalue weighted by Crippen LogP contribution is 2.23. The van der Waals surface area contributed by atoms with E-state index in [1.807, 2.05) is 12.3 Å². The molecule has 0 aliphatic carbocycles. The molecule has 0 aromatic carbocycles. The highest BCUT2D eigenvalue weighted by atomic mass is 16.3. The average molecular weight is 237 g/mol. The first kappa shape index (κ1) is 12.6. The van der Waals surface area contributed by atoms with Crippen LogP contribution in [-0.2, 0) is 0 Å². The van der Waals surface area contributed by atoms with Gasteiger partial charge in [0, 0.05) is 37.8 Å². The number of nitrogens with two attached hydrogens (primary N) is 1. The molecule has 2 unspecified atom stereocenters. The van der Waals surface area contributed by atoms with Crippen LogP contribution in [0.3, 0.4) is 0 Å². The fourth-order valence-corrected chi connectivity index (χ4v) is 2.74. The minimum atomic E-state index is 0.301. The maximum atomic E-state index is 5.91. The van der Waals surface area contributed by atoms with Gasteiger partial charge in [-0.15, -0.1) is 0 Å². The monoisotopic (exact) mass is 237 g/mol. The molecule has 96 valence electrons. The quantitative estimate of drug-likeness (QED) is 0.857. The number of likely N-dealkylation sites (N-methyl/N-ethyl adjacent to an activating group) is 1. The largest absolute Gasteiger partial charge is 0.472 e. The van der Waals surface area contributed by atoms with E-state index in [1.165, 1.54) is 5.56 Å². The molecule has 2 atom stereocenters.